The van der Waals surface area contributed by atoms with Gasteiger partial charge in [-0.25, -0.2) is 4.99 Å². The summed E-state index contributed by atoms with van der Waals surface area (Å²) >= 11 is 0. The van der Waals surface area contributed by atoms with Gasteiger partial charge >= 0.3 is 0 Å². The number of halogens is 1. The molecule has 0 aliphatic rings. The largest absolute Gasteiger partial charge is 0.493 e. The minimum absolute atomic E-state index is 0. The average molecular weight is 497 g/mol. The van der Waals surface area contributed by atoms with Crippen LogP contribution in [0.3, 0.4) is 0 Å². The summed E-state index contributed by atoms with van der Waals surface area (Å²) in [7, 11) is 2.35. The minimum atomic E-state index is -0.881. The van der Waals surface area contributed by atoms with Crippen molar-refractivity contribution in [1.82, 2.24) is 10.6 Å². The van der Waals surface area contributed by atoms with Crippen LogP contribution in [0.1, 0.15) is 33.3 Å². The second kappa shape index (κ2) is 12.4. The van der Waals surface area contributed by atoms with Gasteiger partial charge in [0.25, 0.3) is 0 Å². The number of aliphatic imine (C=N–C) groups is 1. The van der Waals surface area contributed by atoms with E-state index in [-0.39, 0.29) is 28.7 Å². The molecule has 8 heteroatoms. The van der Waals surface area contributed by atoms with Crippen LogP contribution in [0.4, 0.5) is 0 Å². The number of nitrogens with zero attached hydrogens (tertiary/aromatic N) is 1. The summed E-state index contributed by atoms with van der Waals surface area (Å²) in [6.45, 7) is 9.86. The Morgan fingerprint density at radius 2 is 1.81 bits per heavy atom. The van der Waals surface area contributed by atoms with Crippen molar-refractivity contribution in [3.05, 3.63) is 23.8 Å². The van der Waals surface area contributed by atoms with Gasteiger partial charge in [-0.05, 0) is 45.4 Å². The van der Waals surface area contributed by atoms with E-state index in [9.17, 15) is 4.21 Å². The molecular formula is C18H32IN3O3S. The molecule has 1 atom stereocenters. The maximum Gasteiger partial charge on any atom is 0.191 e. The van der Waals surface area contributed by atoms with Crippen LogP contribution in [0.2, 0.25) is 0 Å². The second-order valence-corrected chi connectivity index (χ2v) is 8.80. The van der Waals surface area contributed by atoms with Crippen LogP contribution in [-0.2, 0) is 17.3 Å². The number of hydrogen-bond acceptors (Lipinski definition) is 4. The summed E-state index contributed by atoms with van der Waals surface area (Å²) in [6, 6.07) is 5.75. The minimum Gasteiger partial charge on any atom is -0.493 e. The van der Waals surface area contributed by atoms with E-state index in [0.717, 1.165) is 12.1 Å². The first-order chi connectivity index (χ1) is 11.8. The monoisotopic (exact) mass is 497 g/mol. The van der Waals surface area contributed by atoms with Crippen LogP contribution in [0.15, 0.2) is 23.2 Å². The Kier molecular flexibility index (Phi) is 11.9. The van der Waals surface area contributed by atoms with E-state index in [0.29, 0.717) is 36.3 Å². The smallest absolute Gasteiger partial charge is 0.191 e. The Labute approximate surface area is 177 Å². The third-order valence-corrected chi connectivity index (χ3v) is 5.42. The molecule has 1 aromatic carbocycles. The number of benzene rings is 1. The molecule has 0 spiro atoms. The first-order valence-corrected chi connectivity index (χ1v) is 9.75. The molecule has 0 bridgehead atoms. The van der Waals surface area contributed by atoms with Crippen molar-refractivity contribution in [2.24, 2.45) is 4.99 Å². The summed E-state index contributed by atoms with van der Waals surface area (Å²) in [6.07, 6.45) is 0. The lowest BCUT2D eigenvalue weighted by atomic mass is 10.2. The SMILES string of the molecule is CCNC(=NCc1ccc(OC)c(OC)c1)NCCS(=O)C(C)(C)C.I. The van der Waals surface area contributed by atoms with Crippen molar-refractivity contribution in [2.75, 3.05) is 33.1 Å². The predicted octanol–water partition coefficient (Wildman–Crippen LogP) is 2.92. The highest BCUT2D eigenvalue weighted by Crippen LogP contribution is 2.27. The Hall–Kier alpha value is -1.03. The van der Waals surface area contributed by atoms with E-state index >= 15 is 0 Å². The molecule has 0 aliphatic carbocycles. The van der Waals surface area contributed by atoms with Gasteiger partial charge in [-0.15, -0.1) is 24.0 Å². The third-order valence-electron chi connectivity index (χ3n) is 3.47. The number of methoxy groups -OCH3 is 2. The number of ether oxygens (including phenoxy) is 2. The summed E-state index contributed by atoms with van der Waals surface area (Å²) in [5, 5.41) is 6.44. The number of hydrogen-bond donors (Lipinski definition) is 2. The normalized spacial score (nSPS) is 12.8. The van der Waals surface area contributed by atoms with Gasteiger partial charge in [0.1, 0.15) is 0 Å². The fourth-order valence-corrected chi connectivity index (χ4v) is 2.96. The maximum atomic E-state index is 12.1. The van der Waals surface area contributed by atoms with Crippen LogP contribution < -0.4 is 20.1 Å². The Morgan fingerprint density at radius 1 is 1.15 bits per heavy atom. The molecule has 0 saturated carbocycles. The van der Waals surface area contributed by atoms with Crippen LogP contribution in [-0.4, -0.2) is 48.0 Å². The third kappa shape index (κ3) is 8.57. The van der Waals surface area contributed by atoms with Crippen molar-refractivity contribution in [3.8, 4) is 11.5 Å². The second-order valence-electron chi connectivity index (χ2n) is 6.47. The molecular weight excluding hydrogens is 465 g/mol. The molecule has 0 aromatic heterocycles. The quantitative estimate of drug-likeness (QED) is 0.329. The molecule has 0 radical (unpaired) electrons. The lowest BCUT2D eigenvalue weighted by Crippen LogP contribution is -2.40. The number of rotatable bonds is 8. The first-order valence-electron chi connectivity index (χ1n) is 8.43. The fourth-order valence-electron chi connectivity index (χ4n) is 2.06. The van der Waals surface area contributed by atoms with E-state index < -0.39 is 10.8 Å². The Bertz CT molecular complexity index is 604. The van der Waals surface area contributed by atoms with E-state index in [1.54, 1.807) is 14.2 Å². The Balaban J connectivity index is 0.00000625. The van der Waals surface area contributed by atoms with Gasteiger partial charge in [0, 0.05) is 34.4 Å². The standard InChI is InChI=1S/C18H31N3O3S.HI/c1-7-19-17(20-10-11-25(22)18(2,3)4)21-13-14-8-9-15(23-5)16(12-14)24-6;/h8-9,12H,7,10-11,13H2,1-6H3,(H2,19,20,21);1H. The summed E-state index contributed by atoms with van der Waals surface area (Å²) in [5.74, 6) is 2.69. The molecule has 6 nitrogen and oxygen atoms in total. The van der Waals surface area contributed by atoms with E-state index in [4.69, 9.17) is 9.47 Å². The van der Waals surface area contributed by atoms with Gasteiger partial charge < -0.3 is 20.1 Å². The highest BCUT2D eigenvalue weighted by atomic mass is 127. The van der Waals surface area contributed by atoms with Crippen LogP contribution in [0, 0.1) is 0 Å². The maximum absolute atomic E-state index is 12.1. The molecule has 1 rings (SSSR count). The highest BCUT2D eigenvalue weighted by Gasteiger charge is 2.18. The average Bonchev–Trinajstić information content (AvgIpc) is 2.58. The zero-order valence-corrected chi connectivity index (χ0v) is 19.7. The van der Waals surface area contributed by atoms with Gasteiger partial charge in [0.15, 0.2) is 17.5 Å². The van der Waals surface area contributed by atoms with Crippen LogP contribution in [0.5, 0.6) is 11.5 Å². The molecule has 150 valence electrons. The molecule has 26 heavy (non-hydrogen) atoms. The van der Waals surface area contributed by atoms with E-state index in [1.165, 1.54) is 0 Å². The van der Waals surface area contributed by atoms with Crippen molar-refractivity contribution < 1.29 is 13.7 Å². The molecule has 2 N–H and O–H groups in total. The predicted molar refractivity (Wildman–Crippen MR) is 121 cm³/mol. The molecule has 1 unspecified atom stereocenters. The van der Waals surface area contributed by atoms with Crippen LogP contribution >= 0.6 is 24.0 Å². The van der Waals surface area contributed by atoms with E-state index in [2.05, 4.69) is 15.6 Å². The van der Waals surface area contributed by atoms with Crippen molar-refractivity contribution >= 4 is 40.7 Å². The van der Waals surface area contributed by atoms with Gasteiger partial charge in [-0.1, -0.05) is 6.07 Å². The lowest BCUT2D eigenvalue weighted by molar-refractivity contribution is 0.354. The van der Waals surface area contributed by atoms with Crippen LogP contribution in [0.25, 0.3) is 0 Å². The Morgan fingerprint density at radius 3 is 2.35 bits per heavy atom. The topological polar surface area (TPSA) is 72.0 Å². The molecule has 0 heterocycles. The van der Waals surface area contributed by atoms with E-state index in [1.807, 2.05) is 45.9 Å². The summed E-state index contributed by atoms with van der Waals surface area (Å²) in [4.78, 5) is 4.57. The first kappa shape index (κ1) is 25.0. The molecule has 1 aromatic rings. The molecule has 0 saturated heterocycles. The van der Waals surface area contributed by atoms with Gasteiger partial charge in [-0.3, -0.25) is 4.21 Å². The summed E-state index contributed by atoms with van der Waals surface area (Å²) < 4.78 is 22.5. The zero-order chi connectivity index (χ0) is 18.9. The zero-order valence-electron chi connectivity index (χ0n) is 16.5. The van der Waals surface area contributed by atoms with Gasteiger partial charge in [0.2, 0.25) is 0 Å². The lowest BCUT2D eigenvalue weighted by Gasteiger charge is -2.18. The fraction of sp³-hybridized carbons (Fsp3) is 0.611. The molecule has 0 amide bonds. The van der Waals surface area contributed by atoms with Crippen molar-refractivity contribution in [3.63, 3.8) is 0 Å². The van der Waals surface area contributed by atoms with Gasteiger partial charge in [0.05, 0.1) is 20.8 Å². The van der Waals surface area contributed by atoms with Crippen molar-refractivity contribution in [2.45, 2.75) is 39.0 Å². The number of guanidine groups is 1. The molecule has 0 aliphatic heterocycles. The molecule has 0 fully saturated rings. The van der Waals surface area contributed by atoms with Gasteiger partial charge in [-0.2, -0.15) is 0 Å². The summed E-state index contributed by atoms with van der Waals surface area (Å²) in [5.41, 5.74) is 1.02. The highest BCUT2D eigenvalue weighted by molar-refractivity contribution is 14.0. The van der Waals surface area contributed by atoms with Crippen molar-refractivity contribution in [1.29, 1.82) is 0 Å². The number of nitrogens with one attached hydrogen (secondary N) is 2.